The number of benzene rings is 2. The largest absolute Gasteiger partial charge is 0.490 e. The lowest BCUT2D eigenvalue weighted by Crippen LogP contribution is -2.47. The van der Waals surface area contributed by atoms with E-state index in [4.69, 9.17) is 32.7 Å². The average Bonchev–Trinajstić information content (AvgIpc) is 2.80. The van der Waals surface area contributed by atoms with E-state index in [1.54, 1.807) is 36.4 Å². The summed E-state index contributed by atoms with van der Waals surface area (Å²) in [6.07, 6.45) is 2.82. The molecular formula is C23H20Cl2FN3O3. The fourth-order valence-electron chi connectivity index (χ4n) is 3.88. The quantitative estimate of drug-likeness (QED) is 0.350. The second-order valence-corrected chi connectivity index (χ2v) is 8.44. The van der Waals surface area contributed by atoms with E-state index in [1.165, 1.54) is 13.2 Å². The molecule has 0 unspecified atom stereocenters. The number of isocyanates is 1. The molecule has 166 valence electrons. The summed E-state index contributed by atoms with van der Waals surface area (Å²) in [5, 5.41) is 1.66. The zero-order valence-corrected chi connectivity index (χ0v) is 18.8. The topological polar surface area (TPSA) is 64.0 Å². The fraction of sp³-hybridized carbons (Fsp3) is 0.304. The molecule has 2 heterocycles. The predicted molar refractivity (Wildman–Crippen MR) is 123 cm³/mol. The number of pyridine rings is 1. The minimum atomic E-state index is -0.738. The molecule has 0 aliphatic carbocycles. The molecule has 1 aliphatic rings. The first-order valence-electron chi connectivity index (χ1n) is 10.00. The molecule has 0 radical (unpaired) electrons. The van der Waals surface area contributed by atoms with Gasteiger partial charge in [0.25, 0.3) is 0 Å². The maximum atomic E-state index is 14.3. The minimum Gasteiger partial charge on any atom is -0.490 e. The number of fused-ring (bicyclic) bond motifs is 1. The fourth-order valence-corrected chi connectivity index (χ4v) is 4.41. The second kappa shape index (κ2) is 9.33. The summed E-state index contributed by atoms with van der Waals surface area (Å²) in [6.45, 7) is 1.40. The normalized spacial score (nSPS) is 15.3. The van der Waals surface area contributed by atoms with Gasteiger partial charge in [0.05, 0.1) is 17.8 Å². The van der Waals surface area contributed by atoms with Gasteiger partial charge in [0.2, 0.25) is 12.0 Å². The maximum absolute atomic E-state index is 14.3. The van der Waals surface area contributed by atoms with Crippen LogP contribution in [0.2, 0.25) is 10.0 Å². The number of hydrogen-bond acceptors (Lipinski definition) is 6. The molecule has 0 bridgehead atoms. The first kappa shape index (κ1) is 22.3. The number of aromatic nitrogens is 1. The maximum Gasteiger partial charge on any atom is 0.235 e. The second-order valence-electron chi connectivity index (χ2n) is 7.59. The van der Waals surface area contributed by atoms with E-state index in [0.717, 1.165) is 5.69 Å². The number of anilines is 1. The standard InChI is InChI=1S/C23H20Cl2FN3O3/c1-31-21-7-3-16-20(6-4-18(26)22(16)28-21)32-13-23(27-14-30)8-10-29(11-9-23)19-5-2-15(24)12-17(19)25/h2-7,12H,8-11,13H2,1H3. The molecule has 3 aromatic rings. The number of ether oxygens (including phenoxy) is 2. The van der Waals surface area contributed by atoms with Crippen molar-refractivity contribution in [3.05, 3.63) is 58.3 Å². The van der Waals surface area contributed by atoms with E-state index < -0.39 is 11.4 Å². The van der Waals surface area contributed by atoms with Gasteiger partial charge in [-0.15, -0.1) is 0 Å². The highest BCUT2D eigenvalue weighted by Gasteiger charge is 2.36. The first-order valence-corrected chi connectivity index (χ1v) is 10.8. The summed E-state index contributed by atoms with van der Waals surface area (Å²) < 4.78 is 25.4. The molecule has 9 heteroatoms. The van der Waals surface area contributed by atoms with Gasteiger partial charge in [-0.2, -0.15) is 4.99 Å². The van der Waals surface area contributed by atoms with Gasteiger partial charge in [-0.1, -0.05) is 23.2 Å². The van der Waals surface area contributed by atoms with Crippen molar-refractivity contribution in [1.29, 1.82) is 0 Å². The van der Waals surface area contributed by atoms with Crippen LogP contribution in [0, 0.1) is 5.82 Å². The van der Waals surface area contributed by atoms with E-state index in [9.17, 15) is 9.18 Å². The number of piperidine rings is 1. The van der Waals surface area contributed by atoms with Crippen LogP contribution >= 0.6 is 23.2 Å². The summed E-state index contributed by atoms with van der Waals surface area (Å²) in [5.74, 6) is 0.295. The third-order valence-corrected chi connectivity index (χ3v) is 6.21. The molecule has 0 atom stereocenters. The zero-order valence-electron chi connectivity index (χ0n) is 17.3. The van der Waals surface area contributed by atoms with Crippen LogP contribution in [0.3, 0.4) is 0 Å². The van der Waals surface area contributed by atoms with E-state index in [2.05, 4.69) is 14.9 Å². The monoisotopic (exact) mass is 475 g/mol. The molecule has 0 N–H and O–H groups in total. The lowest BCUT2D eigenvalue weighted by molar-refractivity contribution is 0.191. The van der Waals surface area contributed by atoms with Crippen LogP contribution in [0.15, 0.2) is 47.5 Å². The van der Waals surface area contributed by atoms with Gasteiger partial charge in [0.15, 0.2) is 0 Å². The van der Waals surface area contributed by atoms with Crippen LogP contribution in [-0.2, 0) is 4.79 Å². The van der Waals surface area contributed by atoms with E-state index in [0.29, 0.717) is 53.0 Å². The van der Waals surface area contributed by atoms with Crippen LogP contribution in [-0.4, -0.2) is 43.4 Å². The lowest BCUT2D eigenvalue weighted by Gasteiger charge is -2.39. The molecular weight excluding hydrogens is 456 g/mol. The Balaban J connectivity index is 1.53. The Hall–Kier alpha value is -2.86. The van der Waals surface area contributed by atoms with Crippen molar-refractivity contribution in [2.75, 3.05) is 31.7 Å². The smallest absolute Gasteiger partial charge is 0.235 e. The van der Waals surface area contributed by atoms with E-state index >= 15 is 0 Å². The van der Waals surface area contributed by atoms with Crippen LogP contribution in [0.25, 0.3) is 10.9 Å². The zero-order chi connectivity index (χ0) is 22.7. The van der Waals surface area contributed by atoms with Crippen LogP contribution in [0.5, 0.6) is 11.6 Å². The van der Waals surface area contributed by atoms with E-state index in [-0.39, 0.29) is 12.1 Å². The highest BCUT2D eigenvalue weighted by molar-refractivity contribution is 6.36. The lowest BCUT2D eigenvalue weighted by atomic mass is 9.88. The Bertz CT molecular complexity index is 1190. The van der Waals surface area contributed by atoms with Crippen molar-refractivity contribution >= 4 is 45.9 Å². The number of rotatable bonds is 6. The molecule has 0 saturated carbocycles. The Kier molecular flexibility index (Phi) is 6.51. The summed E-state index contributed by atoms with van der Waals surface area (Å²) in [4.78, 5) is 21.6. The molecule has 1 saturated heterocycles. The highest BCUT2D eigenvalue weighted by Crippen LogP contribution is 2.35. The number of hydrogen-bond donors (Lipinski definition) is 0. The molecule has 1 aromatic heterocycles. The van der Waals surface area contributed by atoms with E-state index in [1.807, 2.05) is 6.07 Å². The van der Waals surface area contributed by atoms with Crippen molar-refractivity contribution in [3.63, 3.8) is 0 Å². The van der Waals surface area contributed by atoms with Crippen molar-refractivity contribution in [3.8, 4) is 11.6 Å². The van der Waals surface area contributed by atoms with Crippen molar-refractivity contribution < 1.29 is 18.7 Å². The van der Waals surface area contributed by atoms with Gasteiger partial charge in [-0.25, -0.2) is 14.2 Å². The van der Waals surface area contributed by atoms with Crippen LogP contribution in [0.1, 0.15) is 12.8 Å². The van der Waals surface area contributed by atoms with Gasteiger partial charge in [-0.05, 0) is 49.2 Å². The molecule has 32 heavy (non-hydrogen) atoms. The Labute approximate surface area is 194 Å². The van der Waals surface area contributed by atoms with Gasteiger partial charge in [0.1, 0.15) is 29.2 Å². The summed E-state index contributed by atoms with van der Waals surface area (Å²) in [5.41, 5.74) is 0.296. The number of aliphatic imine (C=N–C) groups is 1. The van der Waals surface area contributed by atoms with Crippen LogP contribution in [0.4, 0.5) is 10.1 Å². The van der Waals surface area contributed by atoms with Gasteiger partial charge < -0.3 is 14.4 Å². The summed E-state index contributed by atoms with van der Waals surface area (Å²) >= 11 is 12.3. The van der Waals surface area contributed by atoms with Crippen molar-refractivity contribution in [1.82, 2.24) is 4.98 Å². The molecule has 1 aliphatic heterocycles. The predicted octanol–water partition coefficient (Wildman–Crippen LogP) is 5.44. The van der Waals surface area contributed by atoms with Gasteiger partial charge >= 0.3 is 0 Å². The van der Waals surface area contributed by atoms with Crippen molar-refractivity contribution in [2.24, 2.45) is 4.99 Å². The molecule has 0 spiro atoms. The minimum absolute atomic E-state index is 0.150. The van der Waals surface area contributed by atoms with Gasteiger partial charge in [-0.3, -0.25) is 0 Å². The first-order chi connectivity index (χ1) is 15.4. The van der Waals surface area contributed by atoms with Crippen LogP contribution < -0.4 is 14.4 Å². The number of carbonyl (C=O) groups excluding carboxylic acids is 1. The SMILES string of the molecule is COc1ccc2c(OCC3(N=C=O)CCN(c4ccc(Cl)cc4Cl)CC3)ccc(F)c2n1. The summed E-state index contributed by atoms with van der Waals surface area (Å²) in [7, 11) is 1.47. The third kappa shape index (κ3) is 4.51. The molecule has 0 amide bonds. The number of methoxy groups -OCH3 is 1. The van der Waals surface area contributed by atoms with Gasteiger partial charge in [0, 0.05) is 29.6 Å². The molecule has 2 aromatic carbocycles. The number of halogens is 3. The Morgan fingerprint density at radius 2 is 1.97 bits per heavy atom. The summed E-state index contributed by atoms with van der Waals surface area (Å²) in [6, 6.07) is 11.6. The molecule has 1 fully saturated rings. The molecule has 4 rings (SSSR count). The average molecular weight is 476 g/mol. The Morgan fingerprint density at radius 1 is 1.19 bits per heavy atom. The van der Waals surface area contributed by atoms with Crippen molar-refractivity contribution in [2.45, 2.75) is 18.4 Å². The Morgan fingerprint density at radius 3 is 2.66 bits per heavy atom. The number of nitrogens with zero attached hydrogens (tertiary/aromatic N) is 3. The third-order valence-electron chi connectivity index (χ3n) is 5.68. The molecule has 6 nitrogen and oxygen atoms in total. The highest BCUT2D eigenvalue weighted by atomic mass is 35.5.